The number of carbonyl (C=O) groups excluding carboxylic acids is 1. The second kappa shape index (κ2) is 10.2. The van der Waals surface area contributed by atoms with E-state index < -0.39 is 0 Å². The van der Waals surface area contributed by atoms with Gasteiger partial charge in [-0.3, -0.25) is 4.79 Å². The molecule has 0 fully saturated rings. The molecule has 0 aliphatic heterocycles. The fraction of sp³-hybridized carbons (Fsp3) is 0.346. The SMILES string of the molecule is CC.CCCn1c(-c2ccc(F)cc2)c(-c2ccccc2)c(C(C)=O)c1C(C)C. The Morgan fingerprint density at radius 3 is 2.03 bits per heavy atom. The molecule has 2 nitrogen and oxygen atoms in total. The summed E-state index contributed by atoms with van der Waals surface area (Å²) in [4.78, 5) is 12.7. The molecule has 0 unspecified atom stereocenters. The third kappa shape index (κ3) is 4.67. The van der Waals surface area contributed by atoms with E-state index in [9.17, 15) is 9.18 Å². The Labute approximate surface area is 174 Å². The van der Waals surface area contributed by atoms with Crippen LogP contribution in [0.4, 0.5) is 4.39 Å². The molecule has 0 spiro atoms. The van der Waals surface area contributed by atoms with Crippen LogP contribution in [-0.4, -0.2) is 10.4 Å². The maximum atomic E-state index is 13.6. The first kappa shape index (κ1) is 22.6. The van der Waals surface area contributed by atoms with Crippen molar-refractivity contribution in [3.05, 3.63) is 71.7 Å². The summed E-state index contributed by atoms with van der Waals surface area (Å²) < 4.78 is 15.8. The average Bonchev–Trinajstić information content (AvgIpc) is 3.06. The molecule has 0 saturated heterocycles. The van der Waals surface area contributed by atoms with Gasteiger partial charge in [-0.1, -0.05) is 65.0 Å². The number of ketones is 1. The molecule has 0 atom stereocenters. The summed E-state index contributed by atoms with van der Waals surface area (Å²) in [7, 11) is 0. The van der Waals surface area contributed by atoms with Crippen molar-refractivity contribution in [2.24, 2.45) is 0 Å². The molecule has 1 aromatic heterocycles. The zero-order valence-electron chi connectivity index (χ0n) is 18.4. The standard InChI is InChI=1S/C24H26FNO.C2H6/c1-5-15-26-23(16(2)3)21(17(4)27)22(18-9-7-6-8-10-18)24(26)19-11-13-20(25)14-12-19;1-2/h6-14,16H,5,15H2,1-4H3;1-2H3. The molecule has 0 aliphatic rings. The second-order valence-electron chi connectivity index (χ2n) is 7.22. The maximum absolute atomic E-state index is 13.6. The zero-order chi connectivity index (χ0) is 21.6. The summed E-state index contributed by atoms with van der Waals surface area (Å²) in [6, 6.07) is 16.6. The molecule has 3 heteroatoms. The second-order valence-corrected chi connectivity index (χ2v) is 7.22. The van der Waals surface area contributed by atoms with Gasteiger partial charge < -0.3 is 4.57 Å². The Hall–Kier alpha value is -2.68. The molecule has 0 saturated carbocycles. The molecule has 1 heterocycles. The van der Waals surface area contributed by atoms with Gasteiger partial charge in [-0.15, -0.1) is 0 Å². The molecule has 0 amide bonds. The van der Waals surface area contributed by atoms with Crippen LogP contribution in [0.5, 0.6) is 0 Å². The quantitative estimate of drug-likeness (QED) is 0.393. The van der Waals surface area contributed by atoms with Crippen molar-refractivity contribution in [3.8, 4) is 22.4 Å². The van der Waals surface area contributed by atoms with E-state index in [2.05, 4.69) is 25.3 Å². The first-order valence-electron chi connectivity index (χ1n) is 10.5. The van der Waals surface area contributed by atoms with Crippen LogP contribution >= 0.6 is 0 Å². The smallest absolute Gasteiger partial charge is 0.162 e. The third-order valence-corrected chi connectivity index (χ3v) is 4.83. The van der Waals surface area contributed by atoms with Crippen LogP contribution in [0, 0.1) is 5.82 Å². The minimum absolute atomic E-state index is 0.0655. The van der Waals surface area contributed by atoms with Crippen LogP contribution in [0.3, 0.4) is 0 Å². The predicted octanol–water partition coefficient (Wildman–Crippen LogP) is 7.72. The lowest BCUT2D eigenvalue weighted by Crippen LogP contribution is -2.08. The van der Waals surface area contributed by atoms with Crippen molar-refractivity contribution in [2.45, 2.75) is 60.4 Å². The Bertz CT molecular complexity index is 937. The van der Waals surface area contributed by atoms with Gasteiger partial charge in [-0.2, -0.15) is 0 Å². The zero-order valence-corrected chi connectivity index (χ0v) is 18.4. The van der Waals surface area contributed by atoms with Crippen molar-refractivity contribution in [3.63, 3.8) is 0 Å². The summed E-state index contributed by atoms with van der Waals surface area (Å²) in [5.74, 6) is 0.00682. The Kier molecular flexibility index (Phi) is 7.95. The average molecular weight is 394 g/mol. The Morgan fingerprint density at radius 2 is 1.55 bits per heavy atom. The van der Waals surface area contributed by atoms with Crippen LogP contribution in [0.25, 0.3) is 22.4 Å². The highest BCUT2D eigenvalue weighted by Gasteiger charge is 2.28. The Balaban J connectivity index is 0.00000145. The number of rotatable bonds is 6. The number of hydrogen-bond donors (Lipinski definition) is 0. The van der Waals surface area contributed by atoms with Gasteiger partial charge in [-0.25, -0.2) is 4.39 Å². The van der Waals surface area contributed by atoms with Gasteiger partial charge in [0.1, 0.15) is 5.82 Å². The lowest BCUT2D eigenvalue weighted by Gasteiger charge is -2.16. The highest BCUT2D eigenvalue weighted by molar-refractivity contribution is 6.06. The van der Waals surface area contributed by atoms with Crippen molar-refractivity contribution < 1.29 is 9.18 Å². The minimum Gasteiger partial charge on any atom is -0.343 e. The third-order valence-electron chi connectivity index (χ3n) is 4.83. The molecule has 0 aliphatic carbocycles. The minimum atomic E-state index is -0.260. The highest BCUT2D eigenvalue weighted by atomic mass is 19.1. The number of benzene rings is 2. The molecule has 29 heavy (non-hydrogen) atoms. The number of halogens is 1. The first-order chi connectivity index (χ1) is 14.0. The van der Waals surface area contributed by atoms with E-state index in [0.29, 0.717) is 0 Å². The molecular weight excluding hydrogens is 361 g/mol. The topological polar surface area (TPSA) is 22.0 Å². The van der Waals surface area contributed by atoms with E-state index in [1.165, 1.54) is 12.1 Å². The number of carbonyl (C=O) groups is 1. The van der Waals surface area contributed by atoms with Crippen molar-refractivity contribution in [2.75, 3.05) is 0 Å². The Morgan fingerprint density at radius 1 is 0.966 bits per heavy atom. The first-order valence-corrected chi connectivity index (χ1v) is 10.5. The van der Waals surface area contributed by atoms with Crippen LogP contribution in [0.2, 0.25) is 0 Å². The van der Waals surface area contributed by atoms with Gasteiger partial charge in [0.25, 0.3) is 0 Å². The molecule has 3 rings (SSSR count). The largest absolute Gasteiger partial charge is 0.343 e. The van der Waals surface area contributed by atoms with Gasteiger partial charge >= 0.3 is 0 Å². The molecule has 0 radical (unpaired) electrons. The van der Waals surface area contributed by atoms with Crippen molar-refractivity contribution in [1.82, 2.24) is 4.57 Å². The fourth-order valence-electron chi connectivity index (χ4n) is 3.84. The number of hydrogen-bond acceptors (Lipinski definition) is 1. The normalized spacial score (nSPS) is 10.6. The van der Waals surface area contributed by atoms with Crippen molar-refractivity contribution in [1.29, 1.82) is 0 Å². The molecule has 154 valence electrons. The fourth-order valence-corrected chi connectivity index (χ4v) is 3.84. The summed E-state index contributed by atoms with van der Waals surface area (Å²) in [5, 5.41) is 0. The molecular formula is C26H32FNO. The number of Topliss-reactive ketones (excluding diaryl/α,β-unsaturated/α-hetero) is 1. The van der Waals surface area contributed by atoms with Crippen LogP contribution < -0.4 is 0 Å². The van der Waals surface area contributed by atoms with Gasteiger partial charge in [0.2, 0.25) is 0 Å². The number of aromatic nitrogens is 1. The highest BCUT2D eigenvalue weighted by Crippen LogP contribution is 2.42. The van der Waals surface area contributed by atoms with Gasteiger partial charge in [0.05, 0.1) is 5.69 Å². The molecule has 0 bridgehead atoms. The van der Waals surface area contributed by atoms with E-state index in [-0.39, 0.29) is 17.5 Å². The predicted molar refractivity (Wildman–Crippen MR) is 121 cm³/mol. The van der Waals surface area contributed by atoms with Gasteiger partial charge in [0, 0.05) is 23.4 Å². The summed E-state index contributed by atoms with van der Waals surface area (Å²) >= 11 is 0. The monoisotopic (exact) mass is 393 g/mol. The van der Waals surface area contributed by atoms with Crippen LogP contribution in [-0.2, 0) is 6.54 Å². The van der Waals surface area contributed by atoms with E-state index in [4.69, 9.17) is 0 Å². The van der Waals surface area contributed by atoms with Crippen LogP contribution in [0.15, 0.2) is 54.6 Å². The van der Waals surface area contributed by atoms with Gasteiger partial charge in [-0.05, 0) is 54.7 Å². The number of nitrogens with zero attached hydrogens (tertiary/aromatic N) is 1. The summed E-state index contributed by atoms with van der Waals surface area (Å²) in [6.07, 6.45) is 0.953. The summed E-state index contributed by atoms with van der Waals surface area (Å²) in [5.41, 5.74) is 5.73. The maximum Gasteiger partial charge on any atom is 0.162 e. The van der Waals surface area contributed by atoms with E-state index >= 15 is 0 Å². The summed E-state index contributed by atoms with van der Waals surface area (Å²) in [6.45, 7) is 12.8. The molecule has 3 aromatic rings. The van der Waals surface area contributed by atoms with Gasteiger partial charge in [0.15, 0.2) is 5.78 Å². The van der Waals surface area contributed by atoms with Crippen molar-refractivity contribution >= 4 is 5.78 Å². The lowest BCUT2D eigenvalue weighted by molar-refractivity contribution is 0.101. The lowest BCUT2D eigenvalue weighted by atomic mass is 9.93. The molecule has 2 aromatic carbocycles. The van der Waals surface area contributed by atoms with Crippen LogP contribution in [0.1, 0.15) is 69.9 Å². The molecule has 0 N–H and O–H groups in total. The van der Waals surface area contributed by atoms with E-state index in [1.54, 1.807) is 19.1 Å². The van der Waals surface area contributed by atoms with E-state index in [1.807, 2.05) is 44.2 Å². The van der Waals surface area contributed by atoms with E-state index in [0.717, 1.165) is 46.6 Å².